The molecule has 0 saturated carbocycles. The van der Waals surface area contributed by atoms with Crippen LogP contribution >= 0.6 is 0 Å². The van der Waals surface area contributed by atoms with Gasteiger partial charge in [-0.05, 0) is 71.5 Å². The summed E-state index contributed by atoms with van der Waals surface area (Å²) in [4.78, 5) is 19.8. The second-order valence-corrected chi connectivity index (χ2v) is 13.6. The van der Waals surface area contributed by atoms with Crippen molar-refractivity contribution in [2.24, 2.45) is 0 Å². The molecule has 0 atom stereocenters. The summed E-state index contributed by atoms with van der Waals surface area (Å²) in [7, 11) is 0. The van der Waals surface area contributed by atoms with E-state index in [4.69, 9.17) is 0 Å². The lowest BCUT2D eigenvalue weighted by Gasteiger charge is -2.42. The summed E-state index contributed by atoms with van der Waals surface area (Å²) >= 11 is 0. The normalized spacial score (nSPS) is 13.9. The highest BCUT2D eigenvalue weighted by Crippen LogP contribution is 2.61. The fraction of sp³-hybridized carbons (Fsp3) is 0.351. The molecule has 0 aliphatic carbocycles. The number of hydrogen-bond acceptors (Lipinski definition) is 6. The second-order valence-electron chi connectivity index (χ2n) is 13.6. The Bertz CT molecular complexity index is 2120. The third-order valence-electron chi connectivity index (χ3n) is 9.75. The number of ether oxygens (including phenoxy) is 2. The third-order valence-corrected chi connectivity index (χ3v) is 9.75. The van der Waals surface area contributed by atoms with Gasteiger partial charge in [-0.3, -0.25) is 20.2 Å². The van der Waals surface area contributed by atoms with Gasteiger partial charge in [0.2, 0.25) is 5.41 Å². The second kappa shape index (κ2) is 16.5. The van der Waals surface area contributed by atoms with Crippen molar-refractivity contribution in [2.45, 2.75) is 80.7 Å². The van der Waals surface area contributed by atoms with Crippen LogP contribution in [0.15, 0.2) is 84.9 Å². The van der Waals surface area contributed by atoms with Crippen LogP contribution in [0.25, 0.3) is 0 Å². The predicted octanol–water partition coefficient (Wildman–Crippen LogP) is 12.6. The molecule has 26 heteroatoms. The highest BCUT2D eigenvalue weighted by Gasteiger charge is 2.77. The van der Waals surface area contributed by atoms with Crippen molar-refractivity contribution in [1.29, 1.82) is 0 Å². The Balaban J connectivity index is 2.10. The van der Waals surface area contributed by atoms with Gasteiger partial charge in [-0.25, -0.2) is 0 Å². The van der Waals surface area contributed by atoms with Crippen molar-refractivity contribution in [3.63, 3.8) is 0 Å². The van der Waals surface area contributed by atoms with Crippen LogP contribution in [0, 0.1) is 34.1 Å². The minimum Gasteiger partial charge on any atom is -0.349 e. The van der Waals surface area contributed by atoms with Gasteiger partial charge < -0.3 is 9.47 Å². The molecule has 0 spiro atoms. The molecule has 0 bridgehead atoms. The number of alkyl halides is 18. The number of benzene rings is 4. The van der Waals surface area contributed by atoms with Crippen molar-refractivity contribution in [1.82, 2.24) is 0 Å². The minimum atomic E-state index is -7.07. The molecule has 0 aromatic heterocycles. The van der Waals surface area contributed by atoms with Crippen molar-refractivity contribution in [3.8, 4) is 0 Å². The van der Waals surface area contributed by atoms with Crippen LogP contribution in [0.1, 0.15) is 44.5 Å². The summed E-state index contributed by atoms with van der Waals surface area (Å²) in [6.45, 7) is -2.89. The number of nitrogens with zero attached hydrogens (tertiary/aromatic N) is 2. The van der Waals surface area contributed by atoms with Gasteiger partial charge in [0.1, 0.15) is 0 Å². The smallest absolute Gasteiger partial charge is 0.349 e. The first kappa shape index (κ1) is 50.0. The summed E-state index contributed by atoms with van der Waals surface area (Å²) in [6.07, 6.45) is -41.4. The van der Waals surface area contributed by atoms with Crippen molar-refractivity contribution in [2.75, 3.05) is 0 Å². The highest BCUT2D eigenvalue weighted by molar-refractivity contribution is 5.52. The van der Waals surface area contributed by atoms with Gasteiger partial charge in [0, 0.05) is 35.4 Å². The topological polar surface area (TPSA) is 105 Å². The molecule has 344 valence electrons. The number of halogens is 18. The fourth-order valence-corrected chi connectivity index (χ4v) is 6.68. The molecule has 0 aliphatic rings. The summed E-state index contributed by atoms with van der Waals surface area (Å²) in [5.41, 5.74) is -33.4. The van der Waals surface area contributed by atoms with Gasteiger partial charge >= 0.3 is 37.1 Å². The number of nitro benzene ring substituents is 2. The average Bonchev–Trinajstić information content (AvgIpc) is 3.11. The standard InChI is InChI=1S/C37H24F18N2O6/c1-19-3-9-23(15-27(19)30(34(44,45)46,35(47,48)49)62-17-21-5-11-25(12-6-21)56(58)59)29(32(38,39)40,33(41,42)43)24-10-4-20(2)28(16-24)31(36(50,51)52,37(53,54)55)63-18-22-7-13-26(14-8-22)57(60)61/h3-16H,17-18H2,1-2H3. The van der Waals surface area contributed by atoms with Crippen LogP contribution in [-0.2, 0) is 39.3 Å². The lowest BCUT2D eigenvalue weighted by atomic mass is 9.70. The predicted molar refractivity (Wildman–Crippen MR) is 179 cm³/mol. The van der Waals surface area contributed by atoms with E-state index in [0.29, 0.717) is 62.4 Å². The number of aryl methyl sites for hydroxylation is 2. The molecule has 0 N–H and O–H groups in total. The Kier molecular flexibility index (Phi) is 13.1. The largest absolute Gasteiger partial charge is 0.430 e. The van der Waals surface area contributed by atoms with Crippen LogP contribution in [0.5, 0.6) is 0 Å². The van der Waals surface area contributed by atoms with E-state index in [-0.39, 0.29) is 24.3 Å². The fourth-order valence-electron chi connectivity index (χ4n) is 6.68. The first-order chi connectivity index (χ1) is 28.5. The van der Waals surface area contributed by atoms with Gasteiger partial charge in [-0.2, -0.15) is 79.0 Å². The number of hydrogen-bond donors (Lipinski definition) is 0. The molecule has 0 fully saturated rings. The van der Waals surface area contributed by atoms with E-state index in [1.165, 1.54) is 0 Å². The average molecular weight is 935 g/mol. The quantitative estimate of drug-likeness (QED) is 0.0796. The molecule has 63 heavy (non-hydrogen) atoms. The maximum Gasteiger partial charge on any atom is 0.430 e. The van der Waals surface area contributed by atoms with E-state index in [0.717, 1.165) is 0 Å². The third kappa shape index (κ3) is 8.69. The zero-order chi connectivity index (χ0) is 48.2. The highest BCUT2D eigenvalue weighted by atomic mass is 19.4. The van der Waals surface area contributed by atoms with E-state index in [1.807, 2.05) is 0 Å². The Hall–Kier alpha value is -5.66. The lowest BCUT2D eigenvalue weighted by Crippen LogP contribution is -2.58. The molecule has 0 saturated heterocycles. The van der Waals surface area contributed by atoms with Gasteiger partial charge in [-0.15, -0.1) is 0 Å². The molecule has 0 radical (unpaired) electrons. The number of non-ortho nitro benzene ring substituents is 2. The Morgan fingerprint density at radius 2 is 0.698 bits per heavy atom. The maximum absolute atomic E-state index is 15.4. The summed E-state index contributed by atoms with van der Waals surface area (Å²) < 4.78 is 280. The first-order valence-electron chi connectivity index (χ1n) is 16.9. The lowest BCUT2D eigenvalue weighted by molar-refractivity contribution is -0.393. The van der Waals surface area contributed by atoms with Gasteiger partial charge in [0.25, 0.3) is 22.6 Å². The van der Waals surface area contributed by atoms with E-state index in [1.54, 1.807) is 0 Å². The molecule has 4 aromatic rings. The van der Waals surface area contributed by atoms with Crippen LogP contribution in [0.4, 0.5) is 90.4 Å². The summed E-state index contributed by atoms with van der Waals surface area (Å²) in [6, 6.07) is 2.24. The van der Waals surface area contributed by atoms with E-state index < -0.39 is 145 Å². The molecular weight excluding hydrogens is 910 g/mol. The summed E-state index contributed by atoms with van der Waals surface area (Å²) in [5.74, 6) is 0. The molecule has 0 aliphatic heterocycles. The number of nitro groups is 2. The van der Waals surface area contributed by atoms with Crippen LogP contribution in [-0.4, -0.2) is 46.9 Å². The van der Waals surface area contributed by atoms with Crippen LogP contribution in [0.3, 0.4) is 0 Å². The monoisotopic (exact) mass is 934 g/mol. The van der Waals surface area contributed by atoms with Crippen molar-refractivity contribution < 1.29 is 98.3 Å². The van der Waals surface area contributed by atoms with Crippen LogP contribution < -0.4 is 0 Å². The molecular formula is C37H24F18N2O6. The molecule has 8 nitrogen and oxygen atoms in total. The zero-order valence-electron chi connectivity index (χ0n) is 31.1. The molecule has 0 heterocycles. The van der Waals surface area contributed by atoms with Crippen LogP contribution in [0.2, 0.25) is 0 Å². The van der Waals surface area contributed by atoms with Crippen molar-refractivity contribution >= 4 is 11.4 Å². The Morgan fingerprint density at radius 3 is 0.921 bits per heavy atom. The van der Waals surface area contributed by atoms with E-state index >= 15 is 26.3 Å². The minimum absolute atomic E-state index is 0.0868. The number of rotatable bonds is 12. The molecule has 0 amide bonds. The van der Waals surface area contributed by atoms with E-state index in [9.17, 15) is 72.9 Å². The molecule has 4 rings (SSSR count). The van der Waals surface area contributed by atoms with Gasteiger partial charge in [-0.1, -0.05) is 36.4 Å². The Morgan fingerprint density at radius 1 is 0.429 bits per heavy atom. The van der Waals surface area contributed by atoms with E-state index in [2.05, 4.69) is 9.47 Å². The molecule has 0 unspecified atom stereocenters. The van der Waals surface area contributed by atoms with Crippen molar-refractivity contribution in [3.05, 3.63) is 150 Å². The molecule has 4 aromatic carbocycles. The first-order valence-corrected chi connectivity index (χ1v) is 16.9. The van der Waals surface area contributed by atoms with Gasteiger partial charge in [0.15, 0.2) is 0 Å². The summed E-state index contributed by atoms with van der Waals surface area (Å²) in [5, 5.41) is 21.9. The SMILES string of the molecule is Cc1ccc(C(c2ccc(C)c(C(OCc3ccc([N+](=O)[O-])cc3)(C(F)(F)F)C(F)(F)F)c2)(C(F)(F)F)C(F)(F)F)cc1C(OCc1ccc([N+](=O)[O-])cc1)(C(F)(F)F)C(F)(F)F. The zero-order valence-corrected chi connectivity index (χ0v) is 31.1. The maximum atomic E-state index is 15.4. The van der Waals surface area contributed by atoms with Gasteiger partial charge in [0.05, 0.1) is 23.1 Å². The Labute approximate surface area is 340 Å².